The molecule has 0 radical (unpaired) electrons. The number of carbonyl (C=O) groups is 1. The maximum Gasteiger partial charge on any atom is 0.255 e. The lowest BCUT2D eigenvalue weighted by atomic mass is 9.96. The van der Waals surface area contributed by atoms with Gasteiger partial charge in [0.15, 0.2) is 0 Å². The Kier molecular flexibility index (Phi) is 4.27. The normalized spacial score (nSPS) is 22.7. The smallest absolute Gasteiger partial charge is 0.255 e. The lowest BCUT2D eigenvalue weighted by molar-refractivity contribution is -0.0178. The van der Waals surface area contributed by atoms with Gasteiger partial charge in [-0.2, -0.15) is 0 Å². The first kappa shape index (κ1) is 14.5. The summed E-state index contributed by atoms with van der Waals surface area (Å²) < 4.78 is 6.93. The van der Waals surface area contributed by atoms with E-state index in [-0.39, 0.29) is 5.91 Å². The molecule has 21 heavy (non-hydrogen) atoms. The average molecular weight is 303 g/mol. The van der Waals surface area contributed by atoms with Crippen molar-refractivity contribution in [3.05, 3.63) is 35.2 Å². The summed E-state index contributed by atoms with van der Waals surface area (Å²) >= 11 is 1.64. The van der Waals surface area contributed by atoms with Crippen LogP contribution >= 0.6 is 11.3 Å². The topological polar surface area (TPSA) is 29.5 Å². The number of rotatable bonds is 3. The largest absolute Gasteiger partial charge is 0.378 e. The molecule has 0 spiro atoms. The van der Waals surface area contributed by atoms with Crippen LogP contribution in [0.15, 0.2) is 29.6 Å². The number of nitrogens with zero attached hydrogens (tertiary/aromatic N) is 1. The molecule has 1 aromatic carbocycles. The Morgan fingerprint density at radius 2 is 2.24 bits per heavy atom. The van der Waals surface area contributed by atoms with Crippen LogP contribution in [0.2, 0.25) is 0 Å². The number of hydrogen-bond acceptors (Lipinski definition) is 3. The van der Waals surface area contributed by atoms with Crippen LogP contribution in [0.25, 0.3) is 10.1 Å². The molecule has 0 aliphatic carbocycles. The summed E-state index contributed by atoms with van der Waals surface area (Å²) in [5.74, 6) is 0.557. The van der Waals surface area contributed by atoms with Gasteiger partial charge < -0.3 is 9.64 Å². The second-order valence-corrected chi connectivity index (χ2v) is 6.57. The molecule has 1 saturated heterocycles. The number of likely N-dealkylation sites (tertiary alicyclic amines) is 1. The predicted molar refractivity (Wildman–Crippen MR) is 86.9 cm³/mol. The van der Waals surface area contributed by atoms with E-state index < -0.39 is 0 Å². The van der Waals surface area contributed by atoms with Gasteiger partial charge in [-0.1, -0.05) is 25.1 Å². The van der Waals surface area contributed by atoms with Gasteiger partial charge in [-0.25, -0.2) is 0 Å². The van der Waals surface area contributed by atoms with Gasteiger partial charge in [-0.15, -0.1) is 11.3 Å². The summed E-state index contributed by atoms with van der Waals surface area (Å²) in [6.07, 6.45) is 1.22. The Labute approximate surface area is 129 Å². The van der Waals surface area contributed by atoms with E-state index in [0.717, 1.165) is 37.1 Å². The molecule has 3 nitrogen and oxygen atoms in total. The molecule has 2 unspecified atom stereocenters. The quantitative estimate of drug-likeness (QED) is 0.863. The molecule has 1 aliphatic rings. The highest BCUT2D eigenvalue weighted by molar-refractivity contribution is 7.17. The maximum absolute atomic E-state index is 12.8. The Balaban J connectivity index is 1.77. The minimum Gasteiger partial charge on any atom is -0.378 e. The monoisotopic (exact) mass is 303 g/mol. The summed E-state index contributed by atoms with van der Waals surface area (Å²) in [6.45, 7) is 6.52. The molecule has 1 aliphatic heterocycles. The third-order valence-electron chi connectivity index (χ3n) is 4.21. The number of hydrogen-bond donors (Lipinski definition) is 0. The fourth-order valence-corrected chi connectivity index (χ4v) is 4.02. The number of carbonyl (C=O) groups excluding carboxylic acids is 1. The molecule has 0 N–H and O–H groups in total. The van der Waals surface area contributed by atoms with Crippen LogP contribution in [0.3, 0.4) is 0 Å². The molecule has 0 bridgehead atoms. The molecule has 4 heteroatoms. The third kappa shape index (κ3) is 2.83. The Bertz CT molecular complexity index is 637. The Morgan fingerprint density at radius 3 is 3.00 bits per heavy atom. The van der Waals surface area contributed by atoms with Crippen LogP contribution in [-0.2, 0) is 4.74 Å². The van der Waals surface area contributed by atoms with Gasteiger partial charge in [0, 0.05) is 35.2 Å². The van der Waals surface area contributed by atoms with Crippen LogP contribution in [0.1, 0.15) is 30.6 Å². The minimum absolute atomic E-state index is 0.161. The van der Waals surface area contributed by atoms with Crippen molar-refractivity contribution in [1.29, 1.82) is 0 Å². The lowest BCUT2D eigenvalue weighted by Crippen LogP contribution is -2.45. The van der Waals surface area contributed by atoms with Gasteiger partial charge in [0.1, 0.15) is 0 Å². The van der Waals surface area contributed by atoms with Crippen molar-refractivity contribution in [2.75, 3.05) is 19.7 Å². The zero-order valence-corrected chi connectivity index (χ0v) is 13.4. The molecule has 1 aromatic heterocycles. The number of thiophene rings is 1. The standard InChI is InChI=1S/C17H21NO2S/c1-3-20-15-8-9-18(10-12(15)2)17(19)14-11-21-16-7-5-4-6-13(14)16/h4-7,11-12,15H,3,8-10H2,1-2H3. The molecule has 3 rings (SSSR count). The van der Waals surface area contributed by atoms with Gasteiger partial charge in [0.05, 0.1) is 11.7 Å². The van der Waals surface area contributed by atoms with E-state index in [2.05, 4.69) is 13.0 Å². The van der Waals surface area contributed by atoms with Crippen molar-refractivity contribution < 1.29 is 9.53 Å². The second kappa shape index (κ2) is 6.16. The summed E-state index contributed by atoms with van der Waals surface area (Å²) in [6, 6.07) is 8.12. The fourth-order valence-electron chi connectivity index (χ4n) is 3.08. The number of piperidine rings is 1. The zero-order chi connectivity index (χ0) is 14.8. The highest BCUT2D eigenvalue weighted by Gasteiger charge is 2.30. The Morgan fingerprint density at radius 1 is 1.43 bits per heavy atom. The zero-order valence-electron chi connectivity index (χ0n) is 12.5. The van der Waals surface area contributed by atoms with Gasteiger partial charge in [0.25, 0.3) is 5.91 Å². The number of benzene rings is 1. The number of fused-ring (bicyclic) bond motifs is 1. The fraction of sp³-hybridized carbons (Fsp3) is 0.471. The van der Waals surface area contributed by atoms with E-state index in [0.29, 0.717) is 12.0 Å². The predicted octanol–water partition coefficient (Wildman–Crippen LogP) is 3.79. The van der Waals surface area contributed by atoms with E-state index in [1.165, 1.54) is 4.70 Å². The van der Waals surface area contributed by atoms with Gasteiger partial charge in [-0.05, 0) is 25.3 Å². The van der Waals surface area contributed by atoms with Gasteiger partial charge >= 0.3 is 0 Å². The summed E-state index contributed by atoms with van der Waals surface area (Å²) in [5, 5.41) is 3.07. The highest BCUT2D eigenvalue weighted by atomic mass is 32.1. The molecule has 2 aromatic rings. The van der Waals surface area contributed by atoms with E-state index in [4.69, 9.17) is 4.74 Å². The first-order chi connectivity index (χ1) is 10.2. The minimum atomic E-state index is 0.161. The maximum atomic E-state index is 12.8. The van der Waals surface area contributed by atoms with Crippen molar-refractivity contribution in [2.45, 2.75) is 26.4 Å². The number of ether oxygens (including phenoxy) is 1. The molecule has 0 saturated carbocycles. The van der Waals surface area contributed by atoms with Gasteiger partial charge in [-0.3, -0.25) is 4.79 Å². The van der Waals surface area contributed by atoms with Crippen molar-refractivity contribution in [2.24, 2.45) is 5.92 Å². The van der Waals surface area contributed by atoms with Crippen molar-refractivity contribution in [3.63, 3.8) is 0 Å². The first-order valence-corrected chi connectivity index (χ1v) is 8.45. The number of amides is 1. The molecule has 1 amide bonds. The Hall–Kier alpha value is -1.39. The average Bonchev–Trinajstić information content (AvgIpc) is 2.93. The van der Waals surface area contributed by atoms with Crippen LogP contribution in [0.5, 0.6) is 0 Å². The van der Waals surface area contributed by atoms with E-state index in [9.17, 15) is 4.79 Å². The summed E-state index contributed by atoms with van der Waals surface area (Å²) in [7, 11) is 0. The highest BCUT2D eigenvalue weighted by Crippen LogP contribution is 2.28. The van der Waals surface area contributed by atoms with E-state index in [1.54, 1.807) is 11.3 Å². The molecule has 112 valence electrons. The lowest BCUT2D eigenvalue weighted by Gasteiger charge is -2.36. The second-order valence-electron chi connectivity index (χ2n) is 5.66. The van der Waals surface area contributed by atoms with E-state index in [1.807, 2.05) is 35.4 Å². The SMILES string of the molecule is CCOC1CCN(C(=O)c2csc3ccccc23)CC1C. The van der Waals surface area contributed by atoms with Crippen LogP contribution in [0.4, 0.5) is 0 Å². The molecular formula is C17H21NO2S. The van der Waals surface area contributed by atoms with Crippen LogP contribution in [-0.4, -0.2) is 36.6 Å². The summed E-state index contributed by atoms with van der Waals surface area (Å²) in [5.41, 5.74) is 0.845. The molecule has 1 fully saturated rings. The van der Waals surface area contributed by atoms with Crippen molar-refractivity contribution in [3.8, 4) is 0 Å². The molecule has 2 atom stereocenters. The van der Waals surface area contributed by atoms with Crippen molar-refractivity contribution >= 4 is 27.3 Å². The third-order valence-corrected chi connectivity index (χ3v) is 5.17. The van der Waals surface area contributed by atoms with E-state index >= 15 is 0 Å². The van der Waals surface area contributed by atoms with Crippen LogP contribution < -0.4 is 0 Å². The molecule has 2 heterocycles. The van der Waals surface area contributed by atoms with Crippen LogP contribution in [0, 0.1) is 5.92 Å². The summed E-state index contributed by atoms with van der Waals surface area (Å²) in [4.78, 5) is 14.8. The molecular weight excluding hydrogens is 282 g/mol. The van der Waals surface area contributed by atoms with Crippen molar-refractivity contribution in [1.82, 2.24) is 4.90 Å². The first-order valence-electron chi connectivity index (χ1n) is 7.57. The van der Waals surface area contributed by atoms with Gasteiger partial charge in [0.2, 0.25) is 0 Å².